The van der Waals surface area contributed by atoms with E-state index in [9.17, 15) is 0 Å². The second kappa shape index (κ2) is 3.92. The molecule has 1 aromatic rings. The van der Waals surface area contributed by atoms with E-state index in [0.717, 1.165) is 11.6 Å². The number of nitrogens with two attached hydrogens (primary N) is 1. The third kappa shape index (κ3) is 1.67. The SMILES string of the molecule is NCC1(c2ccc(Cl)cc2)CCCC1. The third-order valence-corrected chi connectivity index (χ3v) is 3.66. The lowest BCUT2D eigenvalue weighted by Crippen LogP contribution is -2.31. The summed E-state index contributed by atoms with van der Waals surface area (Å²) < 4.78 is 0. The topological polar surface area (TPSA) is 26.0 Å². The molecule has 0 bridgehead atoms. The molecule has 76 valence electrons. The molecule has 0 aliphatic heterocycles. The molecule has 0 amide bonds. The summed E-state index contributed by atoms with van der Waals surface area (Å²) in [5.41, 5.74) is 7.51. The zero-order chi connectivity index (χ0) is 10.0. The molecule has 1 aromatic carbocycles. The molecule has 1 aliphatic carbocycles. The lowest BCUT2D eigenvalue weighted by Gasteiger charge is -2.27. The molecule has 0 atom stereocenters. The zero-order valence-corrected chi connectivity index (χ0v) is 9.06. The first kappa shape index (κ1) is 10.0. The van der Waals surface area contributed by atoms with Gasteiger partial charge in [-0.2, -0.15) is 0 Å². The molecule has 1 aliphatic rings. The van der Waals surface area contributed by atoms with E-state index in [2.05, 4.69) is 12.1 Å². The standard InChI is InChI=1S/C12H16ClN/c13-11-5-3-10(4-6-11)12(9-14)7-1-2-8-12/h3-6H,1-2,7-9,14H2. The second-order valence-electron chi connectivity index (χ2n) is 4.20. The molecule has 1 saturated carbocycles. The van der Waals surface area contributed by atoms with Crippen LogP contribution < -0.4 is 5.73 Å². The van der Waals surface area contributed by atoms with E-state index < -0.39 is 0 Å². The van der Waals surface area contributed by atoms with Crippen LogP contribution in [-0.2, 0) is 5.41 Å². The number of rotatable bonds is 2. The minimum absolute atomic E-state index is 0.241. The fourth-order valence-corrected chi connectivity index (χ4v) is 2.59. The Bertz CT molecular complexity index is 299. The summed E-state index contributed by atoms with van der Waals surface area (Å²) in [4.78, 5) is 0. The number of hydrogen-bond donors (Lipinski definition) is 1. The maximum atomic E-state index is 5.91. The first-order valence-corrected chi connectivity index (χ1v) is 5.61. The van der Waals surface area contributed by atoms with Crippen molar-refractivity contribution in [3.05, 3.63) is 34.9 Å². The lowest BCUT2D eigenvalue weighted by molar-refractivity contribution is 0.453. The van der Waals surface area contributed by atoms with Crippen molar-refractivity contribution in [2.75, 3.05) is 6.54 Å². The fraction of sp³-hybridized carbons (Fsp3) is 0.500. The average molecular weight is 210 g/mol. The molecule has 1 fully saturated rings. The Morgan fingerprint density at radius 1 is 1.14 bits per heavy atom. The molecule has 0 radical (unpaired) electrons. The van der Waals surface area contributed by atoms with Crippen molar-refractivity contribution in [2.45, 2.75) is 31.1 Å². The molecule has 14 heavy (non-hydrogen) atoms. The van der Waals surface area contributed by atoms with Gasteiger partial charge in [-0.25, -0.2) is 0 Å². The van der Waals surface area contributed by atoms with Gasteiger partial charge in [0, 0.05) is 17.0 Å². The van der Waals surface area contributed by atoms with E-state index >= 15 is 0 Å². The monoisotopic (exact) mass is 209 g/mol. The number of benzene rings is 1. The fourth-order valence-electron chi connectivity index (χ4n) is 2.47. The van der Waals surface area contributed by atoms with E-state index in [0.29, 0.717) is 0 Å². The quantitative estimate of drug-likeness (QED) is 0.796. The summed E-state index contributed by atoms with van der Waals surface area (Å²) in [5.74, 6) is 0. The first-order valence-electron chi connectivity index (χ1n) is 5.23. The predicted octanol–water partition coefficient (Wildman–Crippen LogP) is 3.11. The highest BCUT2D eigenvalue weighted by Gasteiger charge is 2.33. The van der Waals surface area contributed by atoms with Crippen molar-refractivity contribution >= 4 is 11.6 Å². The Morgan fingerprint density at radius 3 is 2.21 bits per heavy atom. The Hall–Kier alpha value is -0.530. The largest absolute Gasteiger partial charge is 0.330 e. The Labute approximate surface area is 90.3 Å². The van der Waals surface area contributed by atoms with Gasteiger partial charge >= 0.3 is 0 Å². The molecule has 0 heterocycles. The second-order valence-corrected chi connectivity index (χ2v) is 4.63. The van der Waals surface area contributed by atoms with Crippen LogP contribution in [-0.4, -0.2) is 6.54 Å². The van der Waals surface area contributed by atoms with E-state index in [1.165, 1.54) is 31.2 Å². The van der Waals surface area contributed by atoms with Gasteiger partial charge in [-0.15, -0.1) is 0 Å². The molecule has 2 N–H and O–H groups in total. The van der Waals surface area contributed by atoms with Gasteiger partial charge in [-0.05, 0) is 30.5 Å². The van der Waals surface area contributed by atoms with Gasteiger partial charge in [-0.3, -0.25) is 0 Å². The maximum absolute atomic E-state index is 5.91. The van der Waals surface area contributed by atoms with Gasteiger partial charge < -0.3 is 5.73 Å². The van der Waals surface area contributed by atoms with Crippen molar-refractivity contribution < 1.29 is 0 Å². The molecule has 0 unspecified atom stereocenters. The van der Waals surface area contributed by atoms with Crippen LogP contribution in [0.3, 0.4) is 0 Å². The smallest absolute Gasteiger partial charge is 0.0406 e. The molecular formula is C12H16ClN. The van der Waals surface area contributed by atoms with Crippen LogP contribution in [0.25, 0.3) is 0 Å². The highest BCUT2D eigenvalue weighted by molar-refractivity contribution is 6.30. The predicted molar refractivity (Wildman–Crippen MR) is 60.7 cm³/mol. The van der Waals surface area contributed by atoms with Gasteiger partial charge in [0.25, 0.3) is 0 Å². The van der Waals surface area contributed by atoms with Crippen LogP contribution in [0.15, 0.2) is 24.3 Å². The van der Waals surface area contributed by atoms with Gasteiger partial charge in [0.2, 0.25) is 0 Å². The Balaban J connectivity index is 2.31. The summed E-state index contributed by atoms with van der Waals surface area (Å²) in [6.45, 7) is 0.759. The van der Waals surface area contributed by atoms with Gasteiger partial charge in [0.05, 0.1) is 0 Å². The summed E-state index contributed by atoms with van der Waals surface area (Å²) in [7, 11) is 0. The molecular weight excluding hydrogens is 194 g/mol. The molecule has 0 aromatic heterocycles. The summed E-state index contributed by atoms with van der Waals surface area (Å²) >= 11 is 5.88. The third-order valence-electron chi connectivity index (χ3n) is 3.41. The molecule has 2 rings (SSSR count). The van der Waals surface area contributed by atoms with Gasteiger partial charge in [0.15, 0.2) is 0 Å². The highest BCUT2D eigenvalue weighted by Crippen LogP contribution is 2.40. The minimum atomic E-state index is 0.241. The first-order chi connectivity index (χ1) is 6.77. The van der Waals surface area contributed by atoms with E-state index in [1.807, 2.05) is 12.1 Å². The van der Waals surface area contributed by atoms with Crippen LogP contribution in [0.4, 0.5) is 0 Å². The summed E-state index contributed by atoms with van der Waals surface area (Å²) in [6, 6.07) is 8.18. The van der Waals surface area contributed by atoms with Crippen LogP contribution >= 0.6 is 11.6 Å². The summed E-state index contributed by atoms with van der Waals surface area (Å²) in [5, 5.41) is 0.805. The number of hydrogen-bond acceptors (Lipinski definition) is 1. The van der Waals surface area contributed by atoms with Crippen molar-refractivity contribution in [1.29, 1.82) is 0 Å². The van der Waals surface area contributed by atoms with E-state index in [1.54, 1.807) is 0 Å². The number of halogens is 1. The zero-order valence-electron chi connectivity index (χ0n) is 8.30. The maximum Gasteiger partial charge on any atom is 0.0406 e. The van der Waals surface area contributed by atoms with Gasteiger partial charge in [0.1, 0.15) is 0 Å². The lowest BCUT2D eigenvalue weighted by atomic mass is 9.79. The normalized spacial score (nSPS) is 19.9. The average Bonchev–Trinajstić information content (AvgIpc) is 2.68. The van der Waals surface area contributed by atoms with Crippen molar-refractivity contribution in [3.8, 4) is 0 Å². The molecule has 1 nitrogen and oxygen atoms in total. The molecule has 0 spiro atoms. The van der Waals surface area contributed by atoms with E-state index in [-0.39, 0.29) is 5.41 Å². The Morgan fingerprint density at radius 2 is 1.71 bits per heavy atom. The van der Waals surface area contributed by atoms with Crippen LogP contribution in [0.1, 0.15) is 31.2 Å². The van der Waals surface area contributed by atoms with Crippen molar-refractivity contribution in [1.82, 2.24) is 0 Å². The molecule has 0 saturated heterocycles. The Kier molecular flexibility index (Phi) is 2.80. The summed E-state index contributed by atoms with van der Waals surface area (Å²) in [6.07, 6.45) is 5.07. The van der Waals surface area contributed by atoms with Crippen LogP contribution in [0.2, 0.25) is 5.02 Å². The van der Waals surface area contributed by atoms with Gasteiger partial charge in [-0.1, -0.05) is 36.6 Å². The van der Waals surface area contributed by atoms with Crippen molar-refractivity contribution in [3.63, 3.8) is 0 Å². The van der Waals surface area contributed by atoms with Crippen LogP contribution in [0.5, 0.6) is 0 Å². The molecule has 2 heteroatoms. The van der Waals surface area contributed by atoms with Crippen LogP contribution in [0, 0.1) is 0 Å². The highest BCUT2D eigenvalue weighted by atomic mass is 35.5. The minimum Gasteiger partial charge on any atom is -0.330 e. The van der Waals surface area contributed by atoms with E-state index in [4.69, 9.17) is 17.3 Å². The van der Waals surface area contributed by atoms with Crippen molar-refractivity contribution in [2.24, 2.45) is 5.73 Å².